The lowest BCUT2D eigenvalue weighted by Crippen LogP contribution is -2.67. The topological polar surface area (TPSA) is 6.48 Å². The molecule has 2 nitrogen and oxygen atoms in total. The monoisotopic (exact) mass is 652 g/mol. The van der Waals surface area contributed by atoms with E-state index in [4.69, 9.17) is 0 Å². The molecular weight excluding hydrogens is 623 g/mol. The molecule has 3 aliphatic rings. The van der Waals surface area contributed by atoms with E-state index in [1.165, 1.54) is 90.8 Å². The van der Waals surface area contributed by atoms with Gasteiger partial charge in [0.15, 0.2) is 0 Å². The first-order valence-corrected chi connectivity index (χ1v) is 21.0. The van der Waals surface area contributed by atoms with Crippen molar-refractivity contribution >= 4 is 128 Å². The predicted molar refractivity (Wildman–Crippen MR) is 210 cm³/mol. The van der Waals surface area contributed by atoms with Crippen LogP contribution in [0.5, 0.6) is 0 Å². The summed E-state index contributed by atoms with van der Waals surface area (Å²) in [7, 11) is -1.94. The summed E-state index contributed by atoms with van der Waals surface area (Å²) >= 11 is 3.91. The van der Waals surface area contributed by atoms with E-state index < -0.39 is 8.07 Å². The first-order valence-electron chi connectivity index (χ1n) is 16.4. The molecule has 0 amide bonds. The predicted octanol–water partition coefficient (Wildman–Crippen LogP) is 8.80. The number of hydrogen-bond donors (Lipinski definition) is 0. The molecule has 6 aromatic carbocycles. The molecule has 0 fully saturated rings. The smallest absolute Gasteiger partial charge is 0.264 e. The molecule has 0 saturated carbocycles. The summed E-state index contributed by atoms with van der Waals surface area (Å²) in [5, 5.41) is 7.07. The van der Waals surface area contributed by atoms with Gasteiger partial charge in [-0.1, -0.05) is 98.0 Å². The van der Waals surface area contributed by atoms with Crippen LogP contribution in [0, 0.1) is 6.92 Å². The molecule has 8 aromatic rings. The fraction of sp³-hybridized carbons (Fsp3) is 0.0732. The van der Waals surface area contributed by atoms with E-state index in [2.05, 4.69) is 151 Å². The zero-order valence-electron chi connectivity index (χ0n) is 26.3. The third-order valence-electron chi connectivity index (χ3n) is 10.9. The van der Waals surface area contributed by atoms with Crippen LogP contribution in [-0.2, 0) is 0 Å². The van der Waals surface area contributed by atoms with Crippen molar-refractivity contribution in [1.82, 2.24) is 0 Å². The van der Waals surface area contributed by atoms with Crippen LogP contribution in [0.3, 0.4) is 0 Å². The average molecular weight is 653 g/mol. The Bertz CT molecular complexity index is 2670. The Hall–Kier alpha value is -4.62. The van der Waals surface area contributed by atoms with Crippen LogP contribution in [0.15, 0.2) is 121 Å². The Labute approximate surface area is 283 Å². The lowest BCUT2D eigenvalue weighted by molar-refractivity contribution is 1.25. The molecule has 5 heterocycles. The van der Waals surface area contributed by atoms with Gasteiger partial charge in [-0.25, -0.2) is 0 Å². The number of rotatable bonds is 1. The SMILES string of the molecule is Cc1cc2c3c(c1)N(c1cccc4c1sc1ccccc14)c1c(sc4ccccc14)B3c1cccc3c1N2c1ccccc1[Si]3(C)C. The van der Waals surface area contributed by atoms with Gasteiger partial charge in [-0.05, 0) is 70.2 Å². The average Bonchev–Trinajstić information content (AvgIpc) is 3.66. The van der Waals surface area contributed by atoms with E-state index >= 15 is 0 Å². The van der Waals surface area contributed by atoms with Gasteiger partial charge >= 0.3 is 0 Å². The van der Waals surface area contributed by atoms with Crippen LogP contribution < -0.4 is 35.9 Å². The third kappa shape index (κ3) is 3.26. The quantitative estimate of drug-likeness (QED) is 0.164. The molecule has 0 N–H and O–H groups in total. The summed E-state index contributed by atoms with van der Waals surface area (Å²) in [5.41, 5.74) is 12.2. The van der Waals surface area contributed by atoms with Gasteiger partial charge in [0, 0.05) is 53.1 Å². The molecular formula is C41H29BN2S2Si. The van der Waals surface area contributed by atoms with E-state index in [1.807, 2.05) is 22.7 Å². The van der Waals surface area contributed by atoms with Crippen LogP contribution in [0.2, 0.25) is 13.1 Å². The second-order valence-corrected chi connectivity index (χ2v) is 20.2. The van der Waals surface area contributed by atoms with Crippen LogP contribution in [0.25, 0.3) is 30.3 Å². The van der Waals surface area contributed by atoms with Gasteiger partial charge in [-0.15, -0.1) is 22.7 Å². The van der Waals surface area contributed by atoms with Crippen LogP contribution in [0.4, 0.5) is 34.1 Å². The first kappa shape index (κ1) is 26.5. The van der Waals surface area contributed by atoms with Gasteiger partial charge in [-0.3, -0.25) is 0 Å². The molecule has 47 heavy (non-hydrogen) atoms. The van der Waals surface area contributed by atoms with Crippen molar-refractivity contribution in [3.05, 3.63) is 127 Å². The Balaban J connectivity index is 1.31. The molecule has 11 rings (SSSR count). The fourth-order valence-corrected chi connectivity index (χ4v) is 14.4. The molecule has 0 aliphatic carbocycles. The number of thiophene rings is 2. The van der Waals surface area contributed by atoms with Crippen molar-refractivity contribution < 1.29 is 0 Å². The molecule has 0 unspecified atom stereocenters. The zero-order valence-corrected chi connectivity index (χ0v) is 29.0. The van der Waals surface area contributed by atoms with Crippen molar-refractivity contribution in [2.24, 2.45) is 0 Å². The molecule has 0 bridgehead atoms. The summed E-state index contributed by atoms with van der Waals surface area (Å²) < 4.78 is 5.49. The first-order chi connectivity index (χ1) is 23.0. The van der Waals surface area contributed by atoms with Gasteiger partial charge < -0.3 is 9.80 Å². The molecule has 0 saturated heterocycles. The van der Waals surface area contributed by atoms with Crippen molar-refractivity contribution in [3.63, 3.8) is 0 Å². The van der Waals surface area contributed by atoms with Gasteiger partial charge in [0.1, 0.15) is 8.07 Å². The van der Waals surface area contributed by atoms with E-state index in [0.717, 1.165) is 0 Å². The third-order valence-corrected chi connectivity index (χ3v) is 16.8. The second kappa shape index (κ2) is 9.04. The van der Waals surface area contributed by atoms with E-state index in [1.54, 1.807) is 5.19 Å². The number of benzene rings is 6. The maximum atomic E-state index is 2.64. The standard InChI is InChI=1S/C41H29BN2S2Si/c1-24-22-31-37-32(23-24)44(30-17-10-14-26-25-12-4-7-18-33(25)45-40(26)30)38-27-13-5-8-19-34(27)46-41(38)42(37)28-15-11-21-36-39(28)43(31)29-16-6-9-20-35(29)47(36,2)3/h4-23H,1-3H3. The zero-order chi connectivity index (χ0) is 31.2. The number of aryl methyl sites for hydroxylation is 1. The maximum Gasteiger partial charge on any atom is 0.264 e. The minimum Gasteiger partial charge on any atom is -0.312 e. The highest BCUT2D eigenvalue weighted by Crippen LogP contribution is 2.51. The summed E-state index contributed by atoms with van der Waals surface area (Å²) in [6, 6.07) is 46.2. The minimum absolute atomic E-state index is 0.173. The second-order valence-electron chi connectivity index (χ2n) is 13.8. The van der Waals surface area contributed by atoms with Gasteiger partial charge in [0.05, 0.1) is 16.1 Å². The molecule has 0 atom stereocenters. The number of fused-ring (bicyclic) bond motifs is 11. The Kier molecular flexibility index (Phi) is 5.09. The Morgan fingerprint density at radius 3 is 2.00 bits per heavy atom. The van der Waals surface area contributed by atoms with Crippen molar-refractivity contribution in [2.75, 3.05) is 9.80 Å². The van der Waals surface area contributed by atoms with Crippen molar-refractivity contribution in [1.29, 1.82) is 0 Å². The summed E-state index contributed by atoms with van der Waals surface area (Å²) in [5.74, 6) is 0. The summed E-state index contributed by atoms with van der Waals surface area (Å²) in [6.45, 7) is 7.53. The van der Waals surface area contributed by atoms with E-state index in [0.29, 0.717) is 0 Å². The number of anilines is 6. The maximum absolute atomic E-state index is 2.64. The Morgan fingerprint density at radius 2 is 1.17 bits per heavy atom. The Morgan fingerprint density at radius 1 is 0.553 bits per heavy atom. The summed E-state index contributed by atoms with van der Waals surface area (Å²) in [4.78, 5) is 5.27. The van der Waals surface area contributed by atoms with E-state index in [9.17, 15) is 0 Å². The molecule has 222 valence electrons. The lowest BCUT2D eigenvalue weighted by atomic mass is 9.36. The molecule has 6 heteroatoms. The van der Waals surface area contributed by atoms with Crippen molar-refractivity contribution in [2.45, 2.75) is 20.0 Å². The molecule has 2 aromatic heterocycles. The van der Waals surface area contributed by atoms with Gasteiger partial charge in [-0.2, -0.15) is 0 Å². The normalized spacial score (nSPS) is 15.2. The highest BCUT2D eigenvalue weighted by molar-refractivity contribution is 7.34. The highest BCUT2D eigenvalue weighted by atomic mass is 32.1. The van der Waals surface area contributed by atoms with Gasteiger partial charge in [0.25, 0.3) is 6.71 Å². The number of hydrogen-bond acceptors (Lipinski definition) is 4. The van der Waals surface area contributed by atoms with Crippen LogP contribution in [-0.4, -0.2) is 14.8 Å². The molecule has 0 spiro atoms. The van der Waals surface area contributed by atoms with Crippen molar-refractivity contribution in [3.8, 4) is 0 Å². The van der Waals surface area contributed by atoms with Crippen LogP contribution >= 0.6 is 22.7 Å². The number of para-hydroxylation sites is 2. The molecule has 0 radical (unpaired) electrons. The fourth-order valence-electron chi connectivity index (χ4n) is 8.87. The van der Waals surface area contributed by atoms with E-state index in [-0.39, 0.29) is 6.71 Å². The van der Waals surface area contributed by atoms with Crippen LogP contribution in [0.1, 0.15) is 5.56 Å². The lowest BCUT2D eigenvalue weighted by Gasteiger charge is -2.48. The van der Waals surface area contributed by atoms with Gasteiger partial charge in [0.2, 0.25) is 0 Å². The highest BCUT2D eigenvalue weighted by Gasteiger charge is 2.49. The minimum atomic E-state index is -1.94. The molecule has 3 aliphatic heterocycles. The largest absolute Gasteiger partial charge is 0.312 e. The number of nitrogens with zero attached hydrogens (tertiary/aromatic N) is 2. The summed E-state index contributed by atoms with van der Waals surface area (Å²) in [6.07, 6.45) is 0.